The van der Waals surface area contributed by atoms with Crippen molar-refractivity contribution in [2.75, 3.05) is 6.61 Å². The normalized spacial score (nSPS) is 17.3. The fourth-order valence-electron chi connectivity index (χ4n) is 4.49. The van der Waals surface area contributed by atoms with Gasteiger partial charge >= 0.3 is 5.97 Å². The van der Waals surface area contributed by atoms with Gasteiger partial charge in [0, 0.05) is 0 Å². The lowest BCUT2D eigenvalue weighted by atomic mass is 9.76. The lowest BCUT2D eigenvalue weighted by Crippen LogP contribution is -2.68. The minimum absolute atomic E-state index is 0.0900. The third-order valence-corrected chi connectivity index (χ3v) is 6.16. The third-order valence-electron chi connectivity index (χ3n) is 6.16. The molecule has 0 aliphatic carbocycles. The van der Waals surface area contributed by atoms with E-state index in [4.69, 9.17) is 4.74 Å². The Balaban J connectivity index is 1.59. The molecule has 2 heterocycles. The predicted molar refractivity (Wildman–Crippen MR) is 129 cm³/mol. The number of benzene rings is 3. The molecule has 2 N–H and O–H groups in total. The van der Waals surface area contributed by atoms with Gasteiger partial charge in [0.15, 0.2) is 5.69 Å². The first kappa shape index (κ1) is 22.5. The smallest absolute Gasteiger partial charge is 0.360 e. The first-order valence-corrected chi connectivity index (χ1v) is 11.5. The van der Waals surface area contributed by atoms with Crippen LogP contribution in [0.5, 0.6) is 0 Å². The number of rotatable bonds is 8. The summed E-state index contributed by atoms with van der Waals surface area (Å²) in [6, 6.07) is 29.5. The van der Waals surface area contributed by atoms with Gasteiger partial charge in [0.1, 0.15) is 12.2 Å². The molecule has 1 aromatic heterocycles. The van der Waals surface area contributed by atoms with Gasteiger partial charge in [-0.05, 0) is 23.6 Å². The summed E-state index contributed by atoms with van der Waals surface area (Å²) in [4.78, 5) is 25.0. The van der Waals surface area contributed by atoms with Gasteiger partial charge in [0.05, 0.1) is 18.3 Å². The highest BCUT2D eigenvalue weighted by Crippen LogP contribution is 2.38. The van der Waals surface area contributed by atoms with E-state index in [0.717, 1.165) is 16.7 Å². The first-order chi connectivity index (χ1) is 17.1. The van der Waals surface area contributed by atoms with Crippen LogP contribution in [-0.4, -0.2) is 39.5 Å². The number of ether oxygens (including phenoxy) is 1. The standard InChI is InChI=1S/C27H25N5O3/c1-2-35-26(34)22-18-32(31-30-22)24-23(25(33)28-24)29-27(19-12-6-3-7-13-19,20-14-8-4-9-15-20)21-16-10-5-11-17-21/h3-18,23-24,29H,2H2,1H3,(H,28,33)/t23-,24-/m0/s1. The Hall–Kier alpha value is -4.30. The van der Waals surface area contributed by atoms with E-state index in [1.54, 1.807) is 6.92 Å². The summed E-state index contributed by atoms with van der Waals surface area (Å²) < 4.78 is 6.50. The molecule has 0 unspecified atom stereocenters. The molecule has 0 saturated carbocycles. The van der Waals surface area contributed by atoms with E-state index in [0.29, 0.717) is 0 Å². The molecule has 8 heteroatoms. The molecule has 5 rings (SSSR count). The van der Waals surface area contributed by atoms with Crippen molar-refractivity contribution in [1.29, 1.82) is 0 Å². The molecule has 0 bridgehead atoms. The maximum absolute atomic E-state index is 12.9. The quantitative estimate of drug-likeness (QED) is 0.235. The number of aromatic nitrogens is 3. The number of amides is 1. The maximum atomic E-state index is 12.9. The number of β-lactam (4-membered cyclic amide) rings is 1. The van der Waals surface area contributed by atoms with Crippen molar-refractivity contribution >= 4 is 11.9 Å². The van der Waals surface area contributed by atoms with Crippen LogP contribution in [0.3, 0.4) is 0 Å². The summed E-state index contributed by atoms with van der Waals surface area (Å²) in [7, 11) is 0. The summed E-state index contributed by atoms with van der Waals surface area (Å²) >= 11 is 0. The van der Waals surface area contributed by atoms with Crippen molar-refractivity contribution in [2.45, 2.75) is 24.7 Å². The Kier molecular flexibility index (Phi) is 6.12. The fraction of sp³-hybridized carbons (Fsp3) is 0.185. The number of carbonyl (C=O) groups excluding carboxylic acids is 2. The van der Waals surface area contributed by atoms with Crippen LogP contribution in [0, 0.1) is 0 Å². The van der Waals surface area contributed by atoms with Gasteiger partial charge in [0.2, 0.25) is 5.91 Å². The molecule has 176 valence electrons. The van der Waals surface area contributed by atoms with Gasteiger partial charge in [-0.2, -0.15) is 0 Å². The Morgan fingerprint density at radius 2 is 1.46 bits per heavy atom. The Morgan fingerprint density at radius 3 is 1.91 bits per heavy atom. The van der Waals surface area contributed by atoms with E-state index in [9.17, 15) is 9.59 Å². The molecule has 0 spiro atoms. The van der Waals surface area contributed by atoms with E-state index in [2.05, 4.69) is 20.9 Å². The van der Waals surface area contributed by atoms with Crippen molar-refractivity contribution in [3.05, 3.63) is 120 Å². The fourth-order valence-corrected chi connectivity index (χ4v) is 4.49. The molecule has 35 heavy (non-hydrogen) atoms. The highest BCUT2D eigenvalue weighted by molar-refractivity contribution is 5.89. The number of hydrogen-bond acceptors (Lipinski definition) is 6. The molecule has 1 aliphatic rings. The molecule has 1 amide bonds. The average Bonchev–Trinajstić information content (AvgIpc) is 3.39. The van der Waals surface area contributed by atoms with Crippen LogP contribution in [0.15, 0.2) is 97.2 Å². The van der Waals surface area contributed by atoms with Gasteiger partial charge in [-0.3, -0.25) is 10.1 Å². The largest absolute Gasteiger partial charge is 0.461 e. The lowest BCUT2D eigenvalue weighted by Gasteiger charge is -2.45. The third kappa shape index (κ3) is 4.08. The van der Waals surface area contributed by atoms with E-state index in [1.165, 1.54) is 10.9 Å². The predicted octanol–water partition coefficient (Wildman–Crippen LogP) is 3.03. The second kappa shape index (κ2) is 9.52. The summed E-state index contributed by atoms with van der Waals surface area (Å²) in [5, 5.41) is 14.6. The van der Waals surface area contributed by atoms with E-state index in [1.807, 2.05) is 91.0 Å². The number of carbonyl (C=O) groups is 2. The molecule has 1 fully saturated rings. The second-order valence-corrected chi connectivity index (χ2v) is 8.23. The van der Waals surface area contributed by atoms with Gasteiger partial charge in [0.25, 0.3) is 0 Å². The molecular formula is C27H25N5O3. The van der Waals surface area contributed by atoms with Crippen molar-refractivity contribution in [3.8, 4) is 0 Å². The maximum Gasteiger partial charge on any atom is 0.360 e. The zero-order chi connectivity index (χ0) is 24.3. The van der Waals surface area contributed by atoms with Crippen LogP contribution in [0.25, 0.3) is 0 Å². The summed E-state index contributed by atoms with van der Waals surface area (Å²) in [6.45, 7) is 1.97. The topological polar surface area (TPSA) is 98.1 Å². The van der Waals surface area contributed by atoms with E-state index < -0.39 is 23.7 Å². The first-order valence-electron chi connectivity index (χ1n) is 11.5. The van der Waals surface area contributed by atoms with Gasteiger partial charge < -0.3 is 10.1 Å². The van der Waals surface area contributed by atoms with Crippen molar-refractivity contribution in [3.63, 3.8) is 0 Å². The molecule has 2 atom stereocenters. The molecule has 8 nitrogen and oxygen atoms in total. The van der Waals surface area contributed by atoms with E-state index >= 15 is 0 Å². The van der Waals surface area contributed by atoms with Gasteiger partial charge in [-0.15, -0.1) is 5.10 Å². The molecule has 0 radical (unpaired) electrons. The second-order valence-electron chi connectivity index (χ2n) is 8.23. The Labute approximate surface area is 202 Å². The number of hydrogen-bond donors (Lipinski definition) is 2. The van der Waals surface area contributed by atoms with Crippen LogP contribution in [0.2, 0.25) is 0 Å². The Bertz CT molecular complexity index is 1210. The van der Waals surface area contributed by atoms with Crippen molar-refractivity contribution in [1.82, 2.24) is 25.6 Å². The van der Waals surface area contributed by atoms with Crippen LogP contribution in [0.1, 0.15) is 40.3 Å². The SMILES string of the molecule is CCOC(=O)c1cn([C@@H]2NC(=O)[C@H]2NC(c2ccccc2)(c2ccccc2)c2ccccc2)nn1. The van der Waals surface area contributed by atoms with E-state index in [-0.39, 0.29) is 18.2 Å². The minimum Gasteiger partial charge on any atom is -0.461 e. The lowest BCUT2D eigenvalue weighted by molar-refractivity contribution is -0.135. The molecule has 1 saturated heterocycles. The molecule has 1 aliphatic heterocycles. The monoisotopic (exact) mass is 467 g/mol. The highest BCUT2D eigenvalue weighted by atomic mass is 16.5. The molecule has 3 aromatic carbocycles. The van der Waals surface area contributed by atoms with Crippen LogP contribution in [0.4, 0.5) is 0 Å². The summed E-state index contributed by atoms with van der Waals surface area (Å²) in [6.07, 6.45) is 0.958. The van der Waals surface area contributed by atoms with Crippen LogP contribution < -0.4 is 10.6 Å². The van der Waals surface area contributed by atoms with Gasteiger partial charge in [-0.25, -0.2) is 9.48 Å². The highest BCUT2D eigenvalue weighted by Gasteiger charge is 2.48. The number of nitrogens with one attached hydrogen (secondary N) is 2. The minimum atomic E-state index is -0.824. The van der Waals surface area contributed by atoms with Crippen molar-refractivity contribution < 1.29 is 14.3 Å². The zero-order valence-corrected chi connectivity index (χ0v) is 19.2. The number of nitrogens with zero attached hydrogens (tertiary/aromatic N) is 3. The zero-order valence-electron chi connectivity index (χ0n) is 19.2. The van der Waals surface area contributed by atoms with Gasteiger partial charge in [-0.1, -0.05) is 96.2 Å². The van der Waals surface area contributed by atoms with Crippen LogP contribution in [-0.2, 0) is 15.1 Å². The molecular weight excluding hydrogens is 442 g/mol. The van der Waals surface area contributed by atoms with Crippen LogP contribution >= 0.6 is 0 Å². The Morgan fingerprint density at radius 1 is 0.943 bits per heavy atom. The number of esters is 1. The summed E-state index contributed by atoms with van der Waals surface area (Å²) in [5.74, 6) is -0.725. The molecule has 4 aromatic rings. The summed E-state index contributed by atoms with van der Waals surface area (Å²) in [5.41, 5.74) is 2.23. The average molecular weight is 468 g/mol. The van der Waals surface area contributed by atoms with Crippen molar-refractivity contribution in [2.24, 2.45) is 0 Å².